The van der Waals surface area contributed by atoms with Gasteiger partial charge in [0.05, 0.1) is 12.7 Å². The van der Waals surface area contributed by atoms with E-state index < -0.39 is 0 Å². The van der Waals surface area contributed by atoms with Gasteiger partial charge in [0.15, 0.2) is 0 Å². The minimum Gasteiger partial charge on any atom is -0.465 e. The molecule has 0 radical (unpaired) electrons. The Kier molecular flexibility index (Phi) is 4.13. The topological polar surface area (TPSA) is 26.3 Å². The van der Waals surface area contributed by atoms with E-state index in [1.807, 2.05) is 19.1 Å². The van der Waals surface area contributed by atoms with Gasteiger partial charge in [-0.05, 0) is 30.2 Å². The van der Waals surface area contributed by atoms with Gasteiger partial charge in [-0.1, -0.05) is 31.9 Å². The summed E-state index contributed by atoms with van der Waals surface area (Å²) in [6, 6.07) is 3.62. The fraction of sp³-hybridized carbons (Fsp3) is 0.300. The van der Waals surface area contributed by atoms with Crippen molar-refractivity contribution in [2.75, 3.05) is 7.11 Å². The molecule has 0 saturated carbocycles. The van der Waals surface area contributed by atoms with E-state index in [1.54, 1.807) is 0 Å². The third-order valence-corrected chi connectivity index (χ3v) is 3.63. The van der Waals surface area contributed by atoms with Crippen LogP contribution in [0.3, 0.4) is 0 Å². The van der Waals surface area contributed by atoms with Gasteiger partial charge in [-0.25, -0.2) is 4.79 Å². The molecule has 0 amide bonds. The highest BCUT2D eigenvalue weighted by Gasteiger charge is 2.10. The number of carbonyl (C=O) groups is 1. The van der Waals surface area contributed by atoms with E-state index in [-0.39, 0.29) is 5.97 Å². The SMILES string of the molecule is COC(=O)c1cc(C)c(Br)c(CBr)c1. The summed E-state index contributed by atoms with van der Waals surface area (Å²) >= 11 is 6.83. The number of rotatable bonds is 2. The lowest BCUT2D eigenvalue weighted by Crippen LogP contribution is -2.03. The molecule has 0 unspecified atom stereocenters. The minimum absolute atomic E-state index is 0.303. The van der Waals surface area contributed by atoms with Crippen molar-refractivity contribution in [3.63, 3.8) is 0 Å². The van der Waals surface area contributed by atoms with Crippen LogP contribution in [0, 0.1) is 6.92 Å². The Morgan fingerprint density at radius 1 is 1.50 bits per heavy atom. The summed E-state index contributed by atoms with van der Waals surface area (Å²) in [6.07, 6.45) is 0. The predicted octanol–water partition coefficient (Wildman–Crippen LogP) is 3.44. The third-order valence-electron chi connectivity index (χ3n) is 1.89. The molecule has 14 heavy (non-hydrogen) atoms. The van der Waals surface area contributed by atoms with Crippen molar-refractivity contribution in [3.05, 3.63) is 33.3 Å². The summed E-state index contributed by atoms with van der Waals surface area (Å²) in [6.45, 7) is 1.95. The van der Waals surface area contributed by atoms with Crippen molar-refractivity contribution in [2.45, 2.75) is 12.3 Å². The minimum atomic E-state index is -0.303. The zero-order valence-corrected chi connectivity index (χ0v) is 11.1. The van der Waals surface area contributed by atoms with Crippen molar-refractivity contribution in [3.8, 4) is 0 Å². The van der Waals surface area contributed by atoms with Gasteiger partial charge in [0.2, 0.25) is 0 Å². The number of benzene rings is 1. The molecular weight excluding hydrogens is 312 g/mol. The summed E-state index contributed by atoms with van der Waals surface area (Å²) in [4.78, 5) is 11.3. The third kappa shape index (κ3) is 2.36. The molecule has 76 valence electrons. The molecule has 1 aromatic rings. The zero-order chi connectivity index (χ0) is 10.7. The second kappa shape index (κ2) is 4.94. The van der Waals surface area contributed by atoms with Crippen LogP contribution in [0.4, 0.5) is 0 Å². The molecule has 0 heterocycles. The lowest BCUT2D eigenvalue weighted by Gasteiger charge is -2.07. The van der Waals surface area contributed by atoms with Crippen LogP contribution in [-0.4, -0.2) is 13.1 Å². The first-order valence-corrected chi connectivity index (χ1v) is 5.95. The number of esters is 1. The first kappa shape index (κ1) is 11.7. The van der Waals surface area contributed by atoms with Crippen molar-refractivity contribution in [2.24, 2.45) is 0 Å². The summed E-state index contributed by atoms with van der Waals surface area (Å²) in [5.41, 5.74) is 2.66. The Hall–Kier alpha value is -0.350. The Morgan fingerprint density at radius 3 is 2.64 bits per heavy atom. The second-order valence-corrected chi connectivity index (χ2v) is 4.25. The van der Waals surface area contributed by atoms with Gasteiger partial charge in [0, 0.05) is 9.80 Å². The molecule has 0 aliphatic heterocycles. The summed E-state index contributed by atoms with van der Waals surface area (Å²) in [7, 11) is 1.38. The lowest BCUT2D eigenvalue weighted by atomic mass is 10.1. The summed E-state index contributed by atoms with van der Waals surface area (Å²) in [5.74, 6) is -0.303. The van der Waals surface area contributed by atoms with Gasteiger partial charge in [-0.3, -0.25) is 0 Å². The molecule has 0 atom stereocenters. The maximum atomic E-state index is 11.3. The van der Waals surface area contributed by atoms with Crippen molar-refractivity contribution in [1.82, 2.24) is 0 Å². The quantitative estimate of drug-likeness (QED) is 0.616. The van der Waals surface area contributed by atoms with E-state index >= 15 is 0 Å². The number of aryl methyl sites for hydroxylation is 1. The van der Waals surface area contributed by atoms with E-state index in [0.717, 1.165) is 15.6 Å². The average Bonchev–Trinajstić information content (AvgIpc) is 2.20. The summed E-state index contributed by atoms with van der Waals surface area (Å²) in [5, 5.41) is 0.708. The molecule has 0 aliphatic carbocycles. The molecular formula is C10H10Br2O2. The maximum absolute atomic E-state index is 11.3. The highest BCUT2D eigenvalue weighted by atomic mass is 79.9. The number of halogens is 2. The highest BCUT2D eigenvalue weighted by Crippen LogP contribution is 2.25. The fourth-order valence-corrected chi connectivity index (χ4v) is 2.36. The predicted molar refractivity (Wildman–Crippen MR) is 62.8 cm³/mol. The number of alkyl halides is 1. The maximum Gasteiger partial charge on any atom is 0.337 e. The smallest absolute Gasteiger partial charge is 0.337 e. The Balaban J connectivity index is 3.22. The standard InChI is InChI=1S/C10H10Br2O2/c1-6-3-7(10(13)14-2)4-8(5-11)9(6)12/h3-4H,5H2,1-2H3. The number of hydrogen-bond acceptors (Lipinski definition) is 2. The molecule has 0 saturated heterocycles. The van der Waals surface area contributed by atoms with E-state index in [4.69, 9.17) is 0 Å². The molecule has 0 bridgehead atoms. The Bertz CT molecular complexity index is 361. The van der Waals surface area contributed by atoms with E-state index in [0.29, 0.717) is 10.9 Å². The van der Waals surface area contributed by atoms with Crippen LogP contribution in [0.2, 0.25) is 0 Å². The van der Waals surface area contributed by atoms with Gasteiger partial charge in [-0.15, -0.1) is 0 Å². The Labute approximate surface area is 99.9 Å². The van der Waals surface area contributed by atoms with E-state index in [1.165, 1.54) is 7.11 Å². The largest absolute Gasteiger partial charge is 0.465 e. The molecule has 4 heteroatoms. The second-order valence-electron chi connectivity index (χ2n) is 2.89. The number of methoxy groups -OCH3 is 1. The van der Waals surface area contributed by atoms with Crippen molar-refractivity contribution in [1.29, 1.82) is 0 Å². The van der Waals surface area contributed by atoms with Gasteiger partial charge in [0.1, 0.15) is 0 Å². The fourth-order valence-electron chi connectivity index (χ4n) is 1.18. The first-order chi connectivity index (χ1) is 6.60. The van der Waals surface area contributed by atoms with Gasteiger partial charge < -0.3 is 4.74 Å². The van der Waals surface area contributed by atoms with Crippen LogP contribution < -0.4 is 0 Å². The van der Waals surface area contributed by atoms with Gasteiger partial charge in [-0.2, -0.15) is 0 Å². The molecule has 0 N–H and O–H groups in total. The average molecular weight is 322 g/mol. The number of ether oxygens (including phenoxy) is 1. The molecule has 1 rings (SSSR count). The zero-order valence-electron chi connectivity index (χ0n) is 7.93. The van der Waals surface area contributed by atoms with Crippen LogP contribution in [-0.2, 0) is 10.1 Å². The first-order valence-electron chi connectivity index (χ1n) is 4.03. The molecule has 0 aromatic heterocycles. The molecule has 0 aliphatic rings. The van der Waals surface area contributed by atoms with Crippen molar-refractivity contribution < 1.29 is 9.53 Å². The molecule has 2 nitrogen and oxygen atoms in total. The van der Waals surface area contributed by atoms with Crippen LogP contribution in [0.5, 0.6) is 0 Å². The van der Waals surface area contributed by atoms with Crippen molar-refractivity contribution >= 4 is 37.8 Å². The lowest BCUT2D eigenvalue weighted by molar-refractivity contribution is 0.0600. The molecule has 1 aromatic carbocycles. The van der Waals surface area contributed by atoms with Crippen LogP contribution in [0.25, 0.3) is 0 Å². The van der Waals surface area contributed by atoms with E-state index in [2.05, 4.69) is 36.6 Å². The highest BCUT2D eigenvalue weighted by molar-refractivity contribution is 9.10. The number of hydrogen-bond donors (Lipinski definition) is 0. The summed E-state index contributed by atoms with van der Waals surface area (Å²) < 4.78 is 5.69. The molecule has 0 spiro atoms. The monoisotopic (exact) mass is 320 g/mol. The van der Waals surface area contributed by atoms with Gasteiger partial charge >= 0.3 is 5.97 Å². The van der Waals surface area contributed by atoms with Crippen LogP contribution >= 0.6 is 31.9 Å². The van der Waals surface area contributed by atoms with Gasteiger partial charge in [0.25, 0.3) is 0 Å². The van der Waals surface area contributed by atoms with Crippen LogP contribution in [0.1, 0.15) is 21.5 Å². The number of carbonyl (C=O) groups excluding carboxylic acids is 1. The normalized spacial score (nSPS) is 10.0. The van der Waals surface area contributed by atoms with E-state index in [9.17, 15) is 4.79 Å². The molecule has 0 fully saturated rings. The Morgan fingerprint density at radius 2 is 2.14 bits per heavy atom. The van der Waals surface area contributed by atoms with Crippen LogP contribution in [0.15, 0.2) is 16.6 Å².